The Morgan fingerprint density at radius 3 is 2.59 bits per heavy atom. The Bertz CT molecular complexity index is 532. The standard InChI is InChI=1S/C12H12ClNOS2/c1-7-3-4-10(16-7)12(15)14-8(2)9-5-6-11(13)17-9/h3-6,8H,1-2H3,(H,14,15)/t8-/m0/s1. The van der Waals surface area contributed by atoms with Crippen molar-refractivity contribution in [3.8, 4) is 0 Å². The molecule has 5 heteroatoms. The first kappa shape index (κ1) is 12.6. The van der Waals surface area contributed by atoms with Gasteiger partial charge in [0, 0.05) is 9.75 Å². The number of carbonyl (C=O) groups excluding carboxylic acids is 1. The van der Waals surface area contributed by atoms with Gasteiger partial charge in [0.05, 0.1) is 15.3 Å². The van der Waals surface area contributed by atoms with Gasteiger partial charge in [0.25, 0.3) is 5.91 Å². The lowest BCUT2D eigenvalue weighted by molar-refractivity contribution is 0.0944. The van der Waals surface area contributed by atoms with Crippen molar-refractivity contribution in [3.63, 3.8) is 0 Å². The van der Waals surface area contributed by atoms with Gasteiger partial charge in [-0.05, 0) is 38.1 Å². The summed E-state index contributed by atoms with van der Waals surface area (Å²) in [6.07, 6.45) is 0. The maximum Gasteiger partial charge on any atom is 0.261 e. The van der Waals surface area contributed by atoms with Crippen molar-refractivity contribution in [2.24, 2.45) is 0 Å². The number of carbonyl (C=O) groups is 1. The molecule has 2 aromatic rings. The van der Waals surface area contributed by atoms with Crippen molar-refractivity contribution in [2.45, 2.75) is 19.9 Å². The molecule has 90 valence electrons. The van der Waals surface area contributed by atoms with Crippen LogP contribution in [0.1, 0.15) is 32.4 Å². The molecule has 17 heavy (non-hydrogen) atoms. The van der Waals surface area contributed by atoms with Crippen LogP contribution in [-0.2, 0) is 0 Å². The molecule has 0 saturated heterocycles. The van der Waals surface area contributed by atoms with Gasteiger partial charge in [-0.2, -0.15) is 0 Å². The number of hydrogen-bond acceptors (Lipinski definition) is 3. The smallest absolute Gasteiger partial charge is 0.261 e. The van der Waals surface area contributed by atoms with E-state index >= 15 is 0 Å². The summed E-state index contributed by atoms with van der Waals surface area (Å²) in [5.41, 5.74) is 0. The van der Waals surface area contributed by atoms with E-state index in [-0.39, 0.29) is 11.9 Å². The van der Waals surface area contributed by atoms with Gasteiger partial charge in [0.2, 0.25) is 0 Å². The van der Waals surface area contributed by atoms with Crippen molar-refractivity contribution in [3.05, 3.63) is 43.2 Å². The number of rotatable bonds is 3. The average Bonchev–Trinajstić information content (AvgIpc) is 2.87. The van der Waals surface area contributed by atoms with E-state index in [1.807, 2.05) is 38.1 Å². The van der Waals surface area contributed by atoms with E-state index in [2.05, 4.69) is 5.32 Å². The second kappa shape index (κ2) is 5.21. The first-order valence-corrected chi connectivity index (χ1v) is 7.20. The minimum atomic E-state index is -0.0277. The molecule has 0 aromatic carbocycles. The fraction of sp³-hybridized carbons (Fsp3) is 0.250. The zero-order valence-corrected chi connectivity index (χ0v) is 11.9. The first-order valence-electron chi connectivity index (χ1n) is 5.19. The highest BCUT2D eigenvalue weighted by Gasteiger charge is 2.14. The molecule has 0 aliphatic rings. The molecule has 1 atom stereocenters. The van der Waals surface area contributed by atoms with Crippen molar-refractivity contribution in [2.75, 3.05) is 0 Å². The maximum atomic E-state index is 11.9. The lowest BCUT2D eigenvalue weighted by Crippen LogP contribution is -2.25. The highest BCUT2D eigenvalue weighted by molar-refractivity contribution is 7.16. The van der Waals surface area contributed by atoms with E-state index in [1.165, 1.54) is 22.7 Å². The van der Waals surface area contributed by atoms with Gasteiger partial charge in [0.1, 0.15) is 0 Å². The largest absolute Gasteiger partial charge is 0.344 e. The summed E-state index contributed by atoms with van der Waals surface area (Å²) in [4.78, 5) is 14.9. The van der Waals surface area contributed by atoms with E-state index in [1.54, 1.807) is 0 Å². The molecular weight excluding hydrogens is 274 g/mol. The monoisotopic (exact) mass is 285 g/mol. The van der Waals surface area contributed by atoms with Crippen molar-refractivity contribution in [1.29, 1.82) is 0 Å². The van der Waals surface area contributed by atoms with E-state index in [0.717, 1.165) is 19.0 Å². The third-order valence-electron chi connectivity index (χ3n) is 2.33. The predicted molar refractivity (Wildman–Crippen MR) is 74.3 cm³/mol. The zero-order valence-electron chi connectivity index (χ0n) is 9.49. The molecule has 1 amide bonds. The molecule has 0 bridgehead atoms. The van der Waals surface area contributed by atoms with Crippen LogP contribution < -0.4 is 5.32 Å². The number of halogens is 1. The third-order valence-corrected chi connectivity index (χ3v) is 4.75. The van der Waals surface area contributed by atoms with Gasteiger partial charge in [-0.1, -0.05) is 11.6 Å². The summed E-state index contributed by atoms with van der Waals surface area (Å²) in [6.45, 7) is 3.95. The number of nitrogens with one attached hydrogen (secondary N) is 1. The van der Waals surface area contributed by atoms with E-state index < -0.39 is 0 Å². The van der Waals surface area contributed by atoms with Crippen LogP contribution in [0.3, 0.4) is 0 Å². The second-order valence-electron chi connectivity index (χ2n) is 3.75. The Hall–Kier alpha value is -0.840. The van der Waals surface area contributed by atoms with E-state index in [9.17, 15) is 4.79 Å². The highest BCUT2D eigenvalue weighted by Crippen LogP contribution is 2.27. The molecule has 0 fully saturated rings. The van der Waals surface area contributed by atoms with Crippen LogP contribution in [-0.4, -0.2) is 5.91 Å². The van der Waals surface area contributed by atoms with Crippen LogP contribution in [0.15, 0.2) is 24.3 Å². The lowest BCUT2D eigenvalue weighted by Gasteiger charge is -2.10. The first-order chi connectivity index (χ1) is 8.06. The molecule has 1 N–H and O–H groups in total. The van der Waals surface area contributed by atoms with Gasteiger partial charge >= 0.3 is 0 Å². The molecule has 0 saturated carbocycles. The van der Waals surface area contributed by atoms with Crippen LogP contribution in [0.5, 0.6) is 0 Å². The lowest BCUT2D eigenvalue weighted by atomic mass is 10.2. The summed E-state index contributed by atoms with van der Waals surface area (Å²) in [5.74, 6) is -0.0277. The summed E-state index contributed by atoms with van der Waals surface area (Å²) in [6, 6.07) is 7.58. The molecule has 0 unspecified atom stereocenters. The minimum absolute atomic E-state index is 0.0117. The quantitative estimate of drug-likeness (QED) is 0.897. The van der Waals surface area contributed by atoms with Crippen LogP contribution in [0.2, 0.25) is 4.34 Å². The molecule has 2 nitrogen and oxygen atoms in total. The Labute approximate surface area is 113 Å². The SMILES string of the molecule is Cc1ccc(C(=O)N[C@@H](C)c2ccc(Cl)s2)s1. The predicted octanol–water partition coefficient (Wildman–Crippen LogP) is 4.26. The normalized spacial score (nSPS) is 12.4. The van der Waals surface area contributed by atoms with Crippen molar-refractivity contribution < 1.29 is 4.79 Å². The van der Waals surface area contributed by atoms with Gasteiger partial charge in [-0.15, -0.1) is 22.7 Å². The molecule has 0 radical (unpaired) electrons. The van der Waals surface area contributed by atoms with E-state index in [0.29, 0.717) is 0 Å². The van der Waals surface area contributed by atoms with Gasteiger partial charge in [-0.25, -0.2) is 0 Å². The number of aryl methyl sites for hydroxylation is 1. The topological polar surface area (TPSA) is 29.1 Å². The third kappa shape index (κ3) is 3.09. The van der Waals surface area contributed by atoms with Crippen LogP contribution >= 0.6 is 34.3 Å². The summed E-state index contributed by atoms with van der Waals surface area (Å²) >= 11 is 8.87. The van der Waals surface area contributed by atoms with Crippen molar-refractivity contribution >= 4 is 40.2 Å². The van der Waals surface area contributed by atoms with Gasteiger partial charge < -0.3 is 5.32 Å². The van der Waals surface area contributed by atoms with Crippen molar-refractivity contribution in [1.82, 2.24) is 5.32 Å². The van der Waals surface area contributed by atoms with Crippen LogP contribution in [0, 0.1) is 6.92 Å². The summed E-state index contributed by atoms with van der Waals surface area (Å²) in [5, 5.41) is 2.96. The fourth-order valence-corrected chi connectivity index (χ4v) is 3.29. The molecule has 2 rings (SSSR count). The van der Waals surface area contributed by atoms with Gasteiger partial charge in [0.15, 0.2) is 0 Å². The maximum absolute atomic E-state index is 11.9. The minimum Gasteiger partial charge on any atom is -0.344 e. The Morgan fingerprint density at radius 1 is 1.29 bits per heavy atom. The molecule has 0 aliphatic heterocycles. The zero-order chi connectivity index (χ0) is 12.4. The Kier molecular flexibility index (Phi) is 3.86. The molecule has 0 aliphatic carbocycles. The highest BCUT2D eigenvalue weighted by atomic mass is 35.5. The number of hydrogen-bond donors (Lipinski definition) is 1. The van der Waals surface area contributed by atoms with Crippen LogP contribution in [0.4, 0.5) is 0 Å². The fourth-order valence-electron chi connectivity index (χ4n) is 1.46. The molecule has 2 aromatic heterocycles. The second-order valence-corrected chi connectivity index (χ2v) is 6.78. The molecular formula is C12H12ClNOS2. The average molecular weight is 286 g/mol. The Morgan fingerprint density at radius 2 is 2.06 bits per heavy atom. The number of thiophene rings is 2. The molecule has 0 spiro atoms. The molecule has 2 heterocycles. The number of amides is 1. The summed E-state index contributed by atoms with van der Waals surface area (Å²) in [7, 11) is 0. The summed E-state index contributed by atoms with van der Waals surface area (Å²) < 4.78 is 0.744. The van der Waals surface area contributed by atoms with E-state index in [4.69, 9.17) is 11.6 Å². The van der Waals surface area contributed by atoms with Crippen LogP contribution in [0.25, 0.3) is 0 Å². The van der Waals surface area contributed by atoms with Gasteiger partial charge in [-0.3, -0.25) is 4.79 Å². The Balaban J connectivity index is 2.04.